The van der Waals surface area contributed by atoms with Crippen LogP contribution in [-0.2, 0) is 14.8 Å². The molecule has 13 heteroatoms. The number of aromatic hydroxyl groups is 1. The van der Waals surface area contributed by atoms with Crippen LogP contribution < -0.4 is 21.5 Å². The minimum Gasteiger partial charge on any atom is -0.504 e. The standard InChI is InChI=1S/C19H21Cl2N3O7S/c1-19(2,3)31-18(28)22-9-6-7-24(8-9)32(29,30)17-10(20)4-5-11(14(17)25)23-13-12(21)15(26)16(13)27/h4-5,9,23,25H,6-8H2,1-3H3,(H,22,28). The minimum absolute atomic E-state index is 0.0566. The van der Waals surface area contributed by atoms with Crippen molar-refractivity contribution < 1.29 is 23.1 Å². The summed E-state index contributed by atoms with van der Waals surface area (Å²) >= 11 is 11.8. The van der Waals surface area contributed by atoms with Gasteiger partial charge in [0.2, 0.25) is 15.5 Å². The number of halogens is 2. The highest BCUT2D eigenvalue weighted by molar-refractivity contribution is 7.89. The number of ether oxygens (including phenoxy) is 1. The van der Waals surface area contributed by atoms with Gasteiger partial charge in [-0.1, -0.05) is 23.2 Å². The predicted molar refractivity (Wildman–Crippen MR) is 119 cm³/mol. The van der Waals surface area contributed by atoms with Crippen molar-refractivity contribution in [1.82, 2.24) is 9.62 Å². The van der Waals surface area contributed by atoms with Gasteiger partial charge in [0.05, 0.1) is 10.7 Å². The van der Waals surface area contributed by atoms with Crippen molar-refractivity contribution in [3.8, 4) is 5.75 Å². The van der Waals surface area contributed by atoms with E-state index in [1.165, 1.54) is 12.1 Å². The maximum absolute atomic E-state index is 13.2. The van der Waals surface area contributed by atoms with Crippen molar-refractivity contribution in [2.75, 3.05) is 18.4 Å². The highest BCUT2D eigenvalue weighted by Gasteiger charge is 2.37. The SMILES string of the molecule is CC(C)(C)OC(=O)NC1CCN(S(=O)(=O)c2c(Cl)ccc(Nc3c(Cl)c(=O)c3=O)c2O)C1. The number of rotatable bonds is 5. The van der Waals surface area contributed by atoms with Gasteiger partial charge in [-0.3, -0.25) is 9.59 Å². The van der Waals surface area contributed by atoms with Crippen LogP contribution in [-0.4, -0.2) is 48.7 Å². The van der Waals surface area contributed by atoms with Gasteiger partial charge in [0.15, 0.2) is 5.75 Å². The summed E-state index contributed by atoms with van der Waals surface area (Å²) in [4.78, 5) is 34.3. The van der Waals surface area contributed by atoms with Crippen molar-refractivity contribution >= 4 is 50.7 Å². The van der Waals surface area contributed by atoms with Gasteiger partial charge >= 0.3 is 6.09 Å². The Bertz CT molecular complexity index is 1250. The van der Waals surface area contributed by atoms with E-state index in [-0.39, 0.29) is 34.5 Å². The molecule has 0 aromatic heterocycles. The molecular formula is C19H21Cl2N3O7S. The molecule has 0 bridgehead atoms. The maximum atomic E-state index is 13.2. The van der Waals surface area contributed by atoms with E-state index in [0.717, 1.165) is 4.31 Å². The zero-order chi connectivity index (χ0) is 24.0. The lowest BCUT2D eigenvalue weighted by molar-refractivity contribution is 0.0507. The molecule has 1 aliphatic rings. The topological polar surface area (TPSA) is 142 Å². The minimum atomic E-state index is -4.27. The van der Waals surface area contributed by atoms with Crippen molar-refractivity contribution in [3.05, 3.63) is 42.6 Å². The van der Waals surface area contributed by atoms with Crippen LogP contribution in [0.1, 0.15) is 27.2 Å². The van der Waals surface area contributed by atoms with Crippen LogP contribution in [0.4, 0.5) is 16.2 Å². The Kier molecular flexibility index (Phi) is 6.49. The molecule has 10 nitrogen and oxygen atoms in total. The van der Waals surface area contributed by atoms with E-state index in [0.29, 0.717) is 6.42 Å². The molecule has 3 N–H and O–H groups in total. The average molecular weight is 506 g/mol. The summed E-state index contributed by atoms with van der Waals surface area (Å²) in [6, 6.07) is 1.98. The third-order valence-corrected chi connectivity index (χ3v) is 7.39. The fourth-order valence-corrected chi connectivity index (χ4v) is 5.48. The molecule has 0 spiro atoms. The Hall–Kier alpha value is -2.34. The van der Waals surface area contributed by atoms with E-state index < -0.39 is 49.3 Å². The number of phenolic OH excluding ortho intramolecular Hbond substituents is 1. The molecule has 2 aromatic rings. The normalized spacial score (nSPS) is 17.5. The van der Waals surface area contributed by atoms with Crippen LogP contribution in [0.15, 0.2) is 26.6 Å². The third-order valence-electron chi connectivity index (χ3n) is 4.66. The molecule has 174 valence electrons. The highest BCUT2D eigenvalue weighted by atomic mass is 35.5. The summed E-state index contributed by atoms with van der Waals surface area (Å²) in [5, 5.41) is 15.1. The van der Waals surface area contributed by atoms with E-state index >= 15 is 0 Å². The van der Waals surface area contributed by atoms with Crippen LogP contribution >= 0.6 is 23.2 Å². The Morgan fingerprint density at radius 2 is 1.88 bits per heavy atom. The Morgan fingerprint density at radius 3 is 2.47 bits per heavy atom. The van der Waals surface area contributed by atoms with E-state index in [1.54, 1.807) is 20.8 Å². The number of phenols is 1. The zero-order valence-electron chi connectivity index (χ0n) is 17.4. The molecule has 0 radical (unpaired) electrons. The van der Waals surface area contributed by atoms with Gasteiger partial charge in [-0.25, -0.2) is 13.2 Å². The number of nitrogens with one attached hydrogen (secondary N) is 2. The monoisotopic (exact) mass is 505 g/mol. The predicted octanol–water partition coefficient (Wildman–Crippen LogP) is 2.33. The number of amides is 1. The number of hydrogen-bond acceptors (Lipinski definition) is 8. The molecule has 1 unspecified atom stereocenters. The van der Waals surface area contributed by atoms with Gasteiger partial charge in [-0.15, -0.1) is 0 Å². The van der Waals surface area contributed by atoms with Gasteiger partial charge in [0, 0.05) is 19.1 Å². The number of carbonyl (C=O) groups excluding carboxylic acids is 1. The van der Waals surface area contributed by atoms with Crippen LogP contribution in [0.25, 0.3) is 0 Å². The summed E-state index contributed by atoms with van der Waals surface area (Å²) in [5.74, 6) is -0.731. The van der Waals surface area contributed by atoms with Crippen molar-refractivity contribution in [2.24, 2.45) is 0 Å². The molecule has 1 atom stereocenters. The second-order valence-corrected chi connectivity index (χ2v) is 10.9. The van der Waals surface area contributed by atoms with E-state index in [1.807, 2.05) is 0 Å². The molecular weight excluding hydrogens is 485 g/mol. The number of alkyl carbamates (subject to hydrolysis) is 1. The van der Waals surface area contributed by atoms with Crippen LogP contribution in [0.5, 0.6) is 5.75 Å². The molecule has 1 amide bonds. The molecule has 2 aromatic carbocycles. The molecule has 1 heterocycles. The third kappa shape index (κ3) is 4.70. The summed E-state index contributed by atoms with van der Waals surface area (Å²) in [6.07, 6.45) is -0.341. The second-order valence-electron chi connectivity index (χ2n) is 8.24. The molecule has 1 fully saturated rings. The van der Waals surface area contributed by atoms with Gasteiger partial charge in [0.1, 0.15) is 21.2 Å². The van der Waals surface area contributed by atoms with Gasteiger partial charge in [0.25, 0.3) is 5.43 Å². The Morgan fingerprint density at radius 1 is 1.22 bits per heavy atom. The van der Waals surface area contributed by atoms with E-state index in [9.17, 15) is 27.9 Å². The van der Waals surface area contributed by atoms with Gasteiger partial charge < -0.3 is 20.5 Å². The second kappa shape index (κ2) is 8.54. The first-order chi connectivity index (χ1) is 14.7. The first-order valence-electron chi connectivity index (χ1n) is 9.49. The lowest BCUT2D eigenvalue weighted by Crippen LogP contribution is -2.41. The Balaban J connectivity index is 1.82. The first kappa shape index (κ1) is 24.3. The molecule has 0 aliphatic carbocycles. The van der Waals surface area contributed by atoms with Crippen LogP contribution in [0, 0.1) is 0 Å². The molecule has 0 saturated carbocycles. The van der Waals surface area contributed by atoms with E-state index in [4.69, 9.17) is 27.9 Å². The average Bonchev–Trinajstić information content (AvgIpc) is 3.14. The van der Waals surface area contributed by atoms with Crippen molar-refractivity contribution in [3.63, 3.8) is 0 Å². The summed E-state index contributed by atoms with van der Waals surface area (Å²) in [5.41, 5.74) is -2.88. The van der Waals surface area contributed by atoms with Gasteiger partial charge in [-0.2, -0.15) is 4.31 Å². The Labute approximate surface area is 193 Å². The quantitative estimate of drug-likeness (QED) is 0.415. The smallest absolute Gasteiger partial charge is 0.407 e. The van der Waals surface area contributed by atoms with Crippen molar-refractivity contribution in [2.45, 2.75) is 43.7 Å². The summed E-state index contributed by atoms with van der Waals surface area (Å²) < 4.78 is 32.6. The van der Waals surface area contributed by atoms with Crippen LogP contribution in [0.3, 0.4) is 0 Å². The summed E-state index contributed by atoms with van der Waals surface area (Å²) in [7, 11) is -4.27. The molecule has 1 saturated heterocycles. The number of anilines is 2. The number of sulfonamides is 1. The lowest BCUT2D eigenvalue weighted by Gasteiger charge is -2.22. The van der Waals surface area contributed by atoms with E-state index in [2.05, 4.69) is 10.6 Å². The summed E-state index contributed by atoms with van der Waals surface area (Å²) in [6.45, 7) is 5.14. The van der Waals surface area contributed by atoms with Crippen LogP contribution in [0.2, 0.25) is 10.0 Å². The largest absolute Gasteiger partial charge is 0.504 e. The fraction of sp³-hybridized carbons (Fsp3) is 0.421. The maximum Gasteiger partial charge on any atom is 0.407 e. The van der Waals surface area contributed by atoms with Gasteiger partial charge in [-0.05, 0) is 39.3 Å². The molecule has 1 aliphatic heterocycles. The zero-order valence-corrected chi connectivity index (χ0v) is 19.7. The number of hydrogen-bond donors (Lipinski definition) is 3. The molecule has 3 rings (SSSR count). The number of carbonyl (C=O) groups is 1. The number of benzene rings is 1. The fourth-order valence-electron chi connectivity index (χ4n) is 3.17. The number of nitrogens with zero attached hydrogens (tertiary/aromatic N) is 1. The molecule has 32 heavy (non-hydrogen) atoms. The highest BCUT2D eigenvalue weighted by Crippen LogP contribution is 2.40. The van der Waals surface area contributed by atoms with Crippen molar-refractivity contribution in [1.29, 1.82) is 0 Å². The first-order valence-corrected chi connectivity index (χ1v) is 11.7. The lowest BCUT2D eigenvalue weighted by atomic mass is 10.2.